The normalized spacial score (nSPS) is 25.5. The van der Waals surface area contributed by atoms with E-state index in [-0.39, 0.29) is 35.7 Å². The van der Waals surface area contributed by atoms with Crippen molar-refractivity contribution in [3.05, 3.63) is 116 Å². The Bertz CT molecular complexity index is 2400. The van der Waals surface area contributed by atoms with Gasteiger partial charge in [0.15, 0.2) is 5.82 Å². The van der Waals surface area contributed by atoms with E-state index in [1.807, 2.05) is 0 Å². The summed E-state index contributed by atoms with van der Waals surface area (Å²) in [4.78, 5) is 64.0. The number of aromatic nitrogens is 1. The molecule has 4 aliphatic rings. The number of imide groups is 2. The molecule has 0 spiro atoms. The summed E-state index contributed by atoms with van der Waals surface area (Å²) in [6.07, 6.45) is -2.48. The number of fused-ring (bicyclic) bond motifs is 4. The Kier molecular flexibility index (Phi) is 9.56. The highest BCUT2D eigenvalue weighted by Gasteiger charge is 2.71. The number of aromatic hydroxyl groups is 1. The number of hydrogen-bond acceptors (Lipinski definition) is 9. The molecule has 3 heterocycles. The third-order valence-electron chi connectivity index (χ3n) is 11.5. The van der Waals surface area contributed by atoms with Crippen molar-refractivity contribution in [2.75, 3.05) is 24.5 Å². The van der Waals surface area contributed by atoms with E-state index in [0.29, 0.717) is 39.1 Å². The molecule has 0 unspecified atom stereocenters. The molecule has 0 radical (unpaired) electrons. The molecule has 6 atom stereocenters. The summed E-state index contributed by atoms with van der Waals surface area (Å²) in [7, 11) is 2.75. The van der Waals surface area contributed by atoms with Crippen molar-refractivity contribution < 1.29 is 46.9 Å². The fraction of sp³-hybridized carbons (Fsp3) is 0.275. The number of nitrogens with one attached hydrogen (secondary N) is 1. The number of carbonyl (C=O) groups excluding carboxylic acids is 4. The highest BCUT2D eigenvalue weighted by atomic mass is 79.9. The number of allylic oxidation sites excluding steroid dienone is 2. The molecule has 4 aromatic rings. The number of anilines is 2. The zero-order valence-electron chi connectivity index (χ0n) is 29.8. The third kappa shape index (κ3) is 5.95. The Labute approximate surface area is 341 Å². The van der Waals surface area contributed by atoms with Gasteiger partial charge >= 0.3 is 6.18 Å². The van der Waals surface area contributed by atoms with Gasteiger partial charge in [0.1, 0.15) is 17.2 Å². The van der Waals surface area contributed by atoms with E-state index in [0.717, 1.165) is 9.37 Å². The third-order valence-corrected chi connectivity index (χ3v) is 12.5. The molecule has 17 heteroatoms. The van der Waals surface area contributed by atoms with Crippen LogP contribution in [0.4, 0.5) is 24.7 Å². The highest BCUT2D eigenvalue weighted by Crippen LogP contribution is 2.66. The molecule has 8 rings (SSSR count). The number of alkyl halides is 3. The van der Waals surface area contributed by atoms with Crippen LogP contribution in [-0.4, -0.2) is 52.9 Å². The SMILES string of the molecule is COc1cc(O)c([C@H]2C3=CC[C@@H]4C(=O)N(c5ccc(Br)cc5)C(=O)[C@@H]4[C@@H]3C[C@H]3C(=O)N(Nc4ncc(C(F)(F)F)cc4Cl)C(=O)[C@@]23c2ccc(Cl)cc2)c(OC)c1. The van der Waals surface area contributed by atoms with Crippen molar-refractivity contribution in [3.63, 3.8) is 0 Å². The van der Waals surface area contributed by atoms with Gasteiger partial charge in [-0.2, -0.15) is 18.2 Å². The molecule has 2 N–H and O–H groups in total. The number of hydrogen-bond donors (Lipinski definition) is 2. The van der Waals surface area contributed by atoms with Gasteiger partial charge in [0.05, 0.1) is 53.7 Å². The van der Waals surface area contributed by atoms with Crippen LogP contribution in [0.5, 0.6) is 17.2 Å². The molecular weight excluding hydrogens is 856 g/mol. The lowest BCUT2D eigenvalue weighted by Gasteiger charge is -2.50. The van der Waals surface area contributed by atoms with E-state index in [2.05, 4.69) is 26.3 Å². The lowest BCUT2D eigenvalue weighted by Crippen LogP contribution is -2.53. The van der Waals surface area contributed by atoms with Crippen LogP contribution in [0.1, 0.15) is 35.4 Å². The summed E-state index contributed by atoms with van der Waals surface area (Å²) >= 11 is 16.0. The second kappa shape index (κ2) is 14.1. The van der Waals surface area contributed by atoms with Gasteiger partial charge in [-0.15, -0.1) is 0 Å². The number of ether oxygens (including phenoxy) is 2. The van der Waals surface area contributed by atoms with Crippen molar-refractivity contribution in [3.8, 4) is 17.2 Å². The van der Waals surface area contributed by atoms with Crippen molar-refractivity contribution in [1.29, 1.82) is 0 Å². The van der Waals surface area contributed by atoms with Gasteiger partial charge in [0.2, 0.25) is 11.8 Å². The molecule has 3 fully saturated rings. The molecule has 2 aliphatic carbocycles. The van der Waals surface area contributed by atoms with Crippen LogP contribution in [0.2, 0.25) is 10.0 Å². The second-order valence-electron chi connectivity index (χ2n) is 14.2. The Morgan fingerprint density at radius 1 is 0.930 bits per heavy atom. The van der Waals surface area contributed by atoms with E-state index in [1.165, 1.54) is 26.4 Å². The van der Waals surface area contributed by atoms with Crippen LogP contribution in [-0.2, 0) is 30.8 Å². The number of phenols is 1. The summed E-state index contributed by atoms with van der Waals surface area (Å²) in [6, 6.07) is 16.4. The maximum atomic E-state index is 15.5. The molecule has 1 saturated carbocycles. The van der Waals surface area contributed by atoms with Gasteiger partial charge in [-0.25, -0.2) is 4.98 Å². The average molecular weight is 887 g/mol. The molecule has 11 nitrogen and oxygen atoms in total. The van der Waals surface area contributed by atoms with E-state index in [4.69, 9.17) is 32.7 Å². The first-order valence-electron chi connectivity index (χ1n) is 17.5. The number of amides is 4. The van der Waals surface area contributed by atoms with Crippen LogP contribution in [0.3, 0.4) is 0 Å². The van der Waals surface area contributed by atoms with Crippen LogP contribution < -0.4 is 19.8 Å². The summed E-state index contributed by atoms with van der Waals surface area (Å²) < 4.78 is 52.6. The molecule has 3 aromatic carbocycles. The molecular formula is C40H30BrCl2F3N4O7. The predicted molar refractivity (Wildman–Crippen MR) is 205 cm³/mol. The summed E-state index contributed by atoms with van der Waals surface area (Å²) in [5, 5.41) is 12.4. The average Bonchev–Trinajstić information content (AvgIpc) is 3.56. The number of hydrazine groups is 1. The number of rotatable bonds is 7. The maximum absolute atomic E-state index is 15.5. The number of benzene rings is 3. The van der Waals surface area contributed by atoms with Gasteiger partial charge < -0.3 is 14.6 Å². The van der Waals surface area contributed by atoms with E-state index in [9.17, 15) is 32.7 Å². The lowest BCUT2D eigenvalue weighted by atomic mass is 9.49. The summed E-state index contributed by atoms with van der Waals surface area (Å²) in [6.45, 7) is 0. The minimum Gasteiger partial charge on any atom is -0.507 e. The minimum atomic E-state index is -4.78. The van der Waals surface area contributed by atoms with E-state index >= 15 is 4.79 Å². The van der Waals surface area contributed by atoms with Crippen molar-refractivity contribution in [1.82, 2.24) is 9.99 Å². The number of pyridine rings is 1. The van der Waals surface area contributed by atoms with Crippen molar-refractivity contribution >= 4 is 74.3 Å². The first-order chi connectivity index (χ1) is 27.1. The second-order valence-corrected chi connectivity index (χ2v) is 15.9. The standard InChI is InChI=1S/C40H30BrCl2F3N4O7/c1-56-23-14-29(51)32(30(15-23)57-2)33-24-11-12-25-31(37(54)49(35(25)52)22-9-5-20(41)6-10-22)26(24)16-27-36(53)50(38(55)39(27,33)18-3-7-21(42)8-4-18)48-34-28(43)13-19(17-47-34)40(44,45)46/h3-11,13-15,17,25-27,31,33,51H,12,16H2,1-2H3,(H,47,48)/t25-,26+,27-,31-,33+,39+/m0/s1. The van der Waals surface area contributed by atoms with Crippen LogP contribution in [0.15, 0.2) is 89.0 Å². The highest BCUT2D eigenvalue weighted by molar-refractivity contribution is 9.10. The topological polar surface area (TPSA) is 138 Å². The number of carbonyl (C=O) groups is 4. The monoisotopic (exact) mass is 884 g/mol. The molecule has 2 saturated heterocycles. The summed E-state index contributed by atoms with van der Waals surface area (Å²) in [5.41, 5.74) is 0.817. The number of phenolic OH excluding ortho intramolecular Hbond substituents is 1. The smallest absolute Gasteiger partial charge is 0.417 e. The Balaban J connectivity index is 1.35. The van der Waals surface area contributed by atoms with Gasteiger partial charge in [-0.3, -0.25) is 29.5 Å². The Hall–Kier alpha value is -5.12. The van der Waals surface area contributed by atoms with Gasteiger partial charge in [-0.05, 0) is 66.8 Å². The van der Waals surface area contributed by atoms with Crippen molar-refractivity contribution in [2.24, 2.45) is 23.7 Å². The quantitative estimate of drug-likeness (QED) is 0.139. The van der Waals surface area contributed by atoms with E-state index < -0.39 is 81.2 Å². The zero-order chi connectivity index (χ0) is 40.7. The number of nitrogens with zero attached hydrogens (tertiary/aromatic N) is 3. The maximum Gasteiger partial charge on any atom is 0.417 e. The molecule has 1 aromatic heterocycles. The van der Waals surface area contributed by atoms with Crippen LogP contribution >= 0.6 is 39.1 Å². The first-order valence-corrected chi connectivity index (χ1v) is 19.1. The van der Waals surface area contributed by atoms with Crippen molar-refractivity contribution in [2.45, 2.75) is 30.4 Å². The minimum absolute atomic E-state index is 0.0945. The van der Waals surface area contributed by atoms with Crippen LogP contribution in [0, 0.1) is 23.7 Å². The molecule has 294 valence electrons. The lowest BCUT2D eigenvalue weighted by molar-refractivity contribution is -0.139. The predicted octanol–water partition coefficient (Wildman–Crippen LogP) is 8.08. The van der Waals surface area contributed by atoms with Gasteiger partial charge in [0.25, 0.3) is 11.8 Å². The molecule has 0 bridgehead atoms. The van der Waals surface area contributed by atoms with E-state index in [1.54, 1.807) is 54.6 Å². The number of halogens is 6. The molecule has 2 aliphatic heterocycles. The van der Waals surface area contributed by atoms with Gasteiger partial charge in [0, 0.05) is 39.3 Å². The fourth-order valence-electron chi connectivity index (χ4n) is 9.11. The largest absolute Gasteiger partial charge is 0.507 e. The Morgan fingerprint density at radius 2 is 1.63 bits per heavy atom. The fourth-order valence-corrected chi connectivity index (χ4v) is 9.70. The molecule has 57 heavy (non-hydrogen) atoms. The van der Waals surface area contributed by atoms with Gasteiger partial charge in [-0.1, -0.05) is 62.9 Å². The summed E-state index contributed by atoms with van der Waals surface area (Å²) in [5.74, 6) is -8.12. The first kappa shape index (κ1) is 38.7. The zero-order valence-corrected chi connectivity index (χ0v) is 32.9. The Morgan fingerprint density at radius 3 is 2.26 bits per heavy atom. The number of methoxy groups -OCH3 is 2. The van der Waals surface area contributed by atoms with Crippen LogP contribution in [0.25, 0.3) is 0 Å². The molecule has 4 amide bonds.